The molecule has 6 heteroatoms. The predicted molar refractivity (Wildman–Crippen MR) is 83.3 cm³/mol. The van der Waals surface area contributed by atoms with Gasteiger partial charge in [0.05, 0.1) is 5.75 Å². The van der Waals surface area contributed by atoms with Gasteiger partial charge in [0.1, 0.15) is 0 Å². The Balaban J connectivity index is 0.00000324. The number of hydrogen-bond donors (Lipinski definition) is 2. The van der Waals surface area contributed by atoms with Crippen LogP contribution in [0.3, 0.4) is 0 Å². The van der Waals surface area contributed by atoms with E-state index in [1.807, 2.05) is 0 Å². The minimum atomic E-state index is -3.08. The Kier molecular flexibility index (Phi) is 10.1. The van der Waals surface area contributed by atoms with Crippen LogP contribution in [0, 0.1) is 11.8 Å². The van der Waals surface area contributed by atoms with Gasteiger partial charge in [0.25, 0.3) is 0 Å². The van der Waals surface area contributed by atoms with Gasteiger partial charge in [-0.3, -0.25) is 0 Å². The van der Waals surface area contributed by atoms with Crippen molar-refractivity contribution in [2.24, 2.45) is 11.8 Å². The average molecular weight is 313 g/mol. The molecule has 116 valence electrons. The molecule has 1 saturated heterocycles. The molecule has 0 radical (unpaired) electrons. The first kappa shape index (κ1) is 19.2. The number of halogens is 1. The maximum atomic E-state index is 11.9. The summed E-state index contributed by atoms with van der Waals surface area (Å²) in [5.74, 6) is 1.21. The van der Waals surface area contributed by atoms with Gasteiger partial charge in [0.2, 0.25) is 10.0 Å². The van der Waals surface area contributed by atoms with Crippen LogP contribution in [0.25, 0.3) is 0 Å². The maximum absolute atomic E-state index is 11.9. The molecule has 1 fully saturated rings. The predicted octanol–water partition coefficient (Wildman–Crippen LogP) is 2.15. The molecule has 2 N–H and O–H groups in total. The molecule has 1 unspecified atom stereocenters. The van der Waals surface area contributed by atoms with Crippen LogP contribution >= 0.6 is 12.4 Å². The fraction of sp³-hybridized carbons (Fsp3) is 1.00. The Labute approximate surface area is 124 Å². The fourth-order valence-corrected chi connectivity index (χ4v) is 4.12. The highest BCUT2D eigenvalue weighted by Crippen LogP contribution is 2.14. The zero-order chi connectivity index (χ0) is 13.4. The second kappa shape index (κ2) is 9.97. The van der Waals surface area contributed by atoms with Crippen molar-refractivity contribution >= 4 is 22.4 Å². The summed E-state index contributed by atoms with van der Waals surface area (Å²) in [5, 5.41) is 3.36. The molecule has 0 aromatic heterocycles. The standard InChI is InChI=1S/C13H28N2O2S.ClH/c1-3-12(4-2)11-18(16,17)15-9-7-13-6-5-8-14-10-13;/h12-15H,3-11H2,1-2H3;1H. The number of hydrogen-bond acceptors (Lipinski definition) is 3. The molecular weight excluding hydrogens is 284 g/mol. The summed E-state index contributed by atoms with van der Waals surface area (Å²) >= 11 is 0. The highest BCUT2D eigenvalue weighted by molar-refractivity contribution is 7.89. The van der Waals surface area contributed by atoms with Gasteiger partial charge in [-0.25, -0.2) is 13.1 Å². The maximum Gasteiger partial charge on any atom is 0.211 e. The van der Waals surface area contributed by atoms with Crippen LogP contribution in [0.4, 0.5) is 0 Å². The molecule has 0 saturated carbocycles. The Bertz CT molecular complexity index is 313. The van der Waals surface area contributed by atoms with Crippen molar-refractivity contribution < 1.29 is 8.42 Å². The average Bonchev–Trinajstić information content (AvgIpc) is 2.37. The summed E-state index contributed by atoms with van der Waals surface area (Å²) < 4.78 is 26.5. The lowest BCUT2D eigenvalue weighted by Crippen LogP contribution is -2.34. The number of piperidine rings is 1. The van der Waals surface area contributed by atoms with E-state index in [0.29, 0.717) is 18.4 Å². The zero-order valence-electron chi connectivity index (χ0n) is 12.2. The Morgan fingerprint density at radius 2 is 2.00 bits per heavy atom. The van der Waals surface area contributed by atoms with Crippen LogP contribution in [-0.2, 0) is 10.0 Å². The van der Waals surface area contributed by atoms with Crippen LogP contribution in [0.2, 0.25) is 0 Å². The SMILES string of the molecule is CCC(CC)CS(=O)(=O)NCCC1CCCNC1.Cl. The molecule has 1 heterocycles. The van der Waals surface area contributed by atoms with Crippen LogP contribution < -0.4 is 10.0 Å². The van der Waals surface area contributed by atoms with Gasteiger partial charge in [-0.05, 0) is 44.2 Å². The minimum absolute atomic E-state index is 0. The summed E-state index contributed by atoms with van der Waals surface area (Å²) in [6.07, 6.45) is 5.26. The van der Waals surface area contributed by atoms with Gasteiger partial charge >= 0.3 is 0 Å². The van der Waals surface area contributed by atoms with Crippen LogP contribution in [0.15, 0.2) is 0 Å². The second-order valence-corrected chi connectivity index (χ2v) is 7.21. The molecule has 0 spiro atoms. The van der Waals surface area contributed by atoms with E-state index in [0.717, 1.165) is 32.4 Å². The molecule has 0 bridgehead atoms. The van der Waals surface area contributed by atoms with Gasteiger partial charge in [0.15, 0.2) is 0 Å². The first-order chi connectivity index (χ1) is 8.57. The Morgan fingerprint density at radius 3 is 2.53 bits per heavy atom. The summed E-state index contributed by atoms with van der Waals surface area (Å²) in [5.41, 5.74) is 0. The monoisotopic (exact) mass is 312 g/mol. The first-order valence-corrected chi connectivity index (χ1v) is 8.90. The van der Waals surface area contributed by atoms with Gasteiger partial charge in [-0.15, -0.1) is 12.4 Å². The van der Waals surface area contributed by atoms with Gasteiger partial charge in [-0.2, -0.15) is 0 Å². The Hall–Kier alpha value is 0.160. The summed E-state index contributed by atoms with van der Waals surface area (Å²) in [6, 6.07) is 0. The van der Waals surface area contributed by atoms with E-state index in [-0.39, 0.29) is 18.2 Å². The highest BCUT2D eigenvalue weighted by Gasteiger charge is 2.17. The first-order valence-electron chi connectivity index (χ1n) is 7.25. The van der Waals surface area contributed by atoms with Crippen molar-refractivity contribution in [2.75, 3.05) is 25.4 Å². The van der Waals surface area contributed by atoms with E-state index in [2.05, 4.69) is 23.9 Å². The van der Waals surface area contributed by atoms with Crippen LogP contribution in [0.5, 0.6) is 0 Å². The molecular formula is C13H29ClN2O2S. The lowest BCUT2D eigenvalue weighted by Gasteiger charge is -2.22. The van der Waals surface area contributed by atoms with Crippen LogP contribution in [-0.4, -0.2) is 33.8 Å². The summed E-state index contributed by atoms with van der Waals surface area (Å²) in [4.78, 5) is 0. The smallest absolute Gasteiger partial charge is 0.211 e. The summed E-state index contributed by atoms with van der Waals surface area (Å²) in [6.45, 7) is 6.84. The van der Waals surface area contributed by atoms with E-state index in [1.54, 1.807) is 0 Å². The molecule has 0 aliphatic carbocycles. The minimum Gasteiger partial charge on any atom is -0.316 e. The fourth-order valence-electron chi connectivity index (χ4n) is 2.48. The van der Waals surface area contributed by atoms with Crippen molar-refractivity contribution in [3.8, 4) is 0 Å². The Morgan fingerprint density at radius 1 is 1.32 bits per heavy atom. The molecule has 1 rings (SSSR count). The number of rotatable bonds is 8. The van der Waals surface area contributed by atoms with Gasteiger partial charge in [0, 0.05) is 6.54 Å². The van der Waals surface area contributed by atoms with E-state index >= 15 is 0 Å². The number of nitrogens with one attached hydrogen (secondary N) is 2. The van der Waals surface area contributed by atoms with Crippen molar-refractivity contribution in [3.63, 3.8) is 0 Å². The summed E-state index contributed by atoms with van der Waals surface area (Å²) in [7, 11) is -3.08. The topological polar surface area (TPSA) is 58.2 Å². The zero-order valence-corrected chi connectivity index (χ0v) is 13.8. The quantitative estimate of drug-likeness (QED) is 0.722. The van der Waals surface area contributed by atoms with Gasteiger partial charge < -0.3 is 5.32 Å². The van der Waals surface area contributed by atoms with E-state index in [4.69, 9.17) is 0 Å². The highest BCUT2D eigenvalue weighted by atomic mass is 35.5. The number of sulfonamides is 1. The molecule has 1 aliphatic rings. The van der Waals surface area contributed by atoms with E-state index in [1.165, 1.54) is 12.8 Å². The lowest BCUT2D eigenvalue weighted by atomic mass is 9.96. The normalized spacial score (nSPS) is 20.3. The van der Waals surface area contributed by atoms with Crippen molar-refractivity contribution in [2.45, 2.75) is 46.0 Å². The third kappa shape index (κ3) is 8.12. The molecule has 1 atom stereocenters. The van der Waals surface area contributed by atoms with Crippen molar-refractivity contribution in [3.05, 3.63) is 0 Å². The molecule has 4 nitrogen and oxygen atoms in total. The van der Waals surface area contributed by atoms with E-state index < -0.39 is 10.0 Å². The van der Waals surface area contributed by atoms with E-state index in [9.17, 15) is 8.42 Å². The van der Waals surface area contributed by atoms with Crippen LogP contribution in [0.1, 0.15) is 46.0 Å². The molecule has 0 amide bonds. The second-order valence-electron chi connectivity index (χ2n) is 5.36. The molecule has 0 aromatic rings. The third-order valence-corrected chi connectivity index (χ3v) is 5.44. The largest absolute Gasteiger partial charge is 0.316 e. The molecule has 1 aliphatic heterocycles. The van der Waals surface area contributed by atoms with Crippen molar-refractivity contribution in [1.29, 1.82) is 0 Å². The third-order valence-electron chi connectivity index (χ3n) is 3.88. The van der Waals surface area contributed by atoms with Crippen molar-refractivity contribution in [1.82, 2.24) is 10.0 Å². The lowest BCUT2D eigenvalue weighted by molar-refractivity contribution is 0.358. The molecule has 19 heavy (non-hydrogen) atoms. The van der Waals surface area contributed by atoms with Gasteiger partial charge in [-0.1, -0.05) is 26.7 Å². The molecule has 0 aromatic carbocycles.